The van der Waals surface area contributed by atoms with Gasteiger partial charge in [0.15, 0.2) is 5.82 Å². The van der Waals surface area contributed by atoms with Crippen molar-refractivity contribution >= 4 is 0 Å². The fourth-order valence-corrected chi connectivity index (χ4v) is 1.63. The highest BCUT2D eigenvalue weighted by Gasteiger charge is 2.14. The Morgan fingerprint density at radius 2 is 2.22 bits per heavy atom. The molecule has 0 spiro atoms. The summed E-state index contributed by atoms with van der Waals surface area (Å²) in [6, 6.07) is 4.78. The molecule has 1 unspecified atom stereocenters. The highest BCUT2D eigenvalue weighted by atomic mass is 19.1. The average Bonchev–Trinajstić information content (AvgIpc) is 2.80. The molecule has 96 valence electrons. The van der Waals surface area contributed by atoms with Gasteiger partial charge in [-0.1, -0.05) is 23.7 Å². The molecule has 0 fully saturated rings. The van der Waals surface area contributed by atoms with E-state index >= 15 is 0 Å². The largest absolute Gasteiger partial charge is 0.334 e. The van der Waals surface area contributed by atoms with Gasteiger partial charge < -0.3 is 10.3 Å². The van der Waals surface area contributed by atoms with E-state index in [2.05, 4.69) is 10.1 Å². The van der Waals surface area contributed by atoms with Crippen LogP contribution >= 0.6 is 0 Å². The predicted octanol–water partition coefficient (Wildman–Crippen LogP) is 2.46. The van der Waals surface area contributed by atoms with Crippen molar-refractivity contribution in [1.29, 1.82) is 0 Å². The lowest BCUT2D eigenvalue weighted by Gasteiger charge is -2.02. The van der Waals surface area contributed by atoms with Crippen LogP contribution in [0, 0.1) is 12.7 Å². The number of halogens is 1. The molecule has 0 saturated carbocycles. The Kier molecular flexibility index (Phi) is 3.72. The topological polar surface area (TPSA) is 64.9 Å². The molecule has 0 aliphatic carbocycles. The third kappa shape index (κ3) is 2.73. The van der Waals surface area contributed by atoms with E-state index in [1.54, 1.807) is 12.1 Å². The molecule has 2 rings (SSSR count). The molecule has 1 aromatic carbocycles. The van der Waals surface area contributed by atoms with E-state index in [-0.39, 0.29) is 17.7 Å². The van der Waals surface area contributed by atoms with Gasteiger partial charge in [0.1, 0.15) is 5.82 Å². The predicted molar refractivity (Wildman–Crippen MR) is 66.4 cm³/mol. The van der Waals surface area contributed by atoms with Crippen molar-refractivity contribution in [3.8, 4) is 11.5 Å². The summed E-state index contributed by atoms with van der Waals surface area (Å²) in [5, 5.41) is 3.82. The fourth-order valence-electron chi connectivity index (χ4n) is 1.63. The first kappa shape index (κ1) is 12.7. The molecule has 2 N–H and O–H groups in total. The number of hydrogen-bond donors (Lipinski definition) is 1. The number of nitrogens with two attached hydrogens (primary N) is 1. The highest BCUT2D eigenvalue weighted by Crippen LogP contribution is 2.22. The maximum absolute atomic E-state index is 13.6. The van der Waals surface area contributed by atoms with Gasteiger partial charge >= 0.3 is 0 Å². The monoisotopic (exact) mass is 249 g/mol. The summed E-state index contributed by atoms with van der Waals surface area (Å²) in [4.78, 5) is 4.17. The molecule has 1 atom stereocenters. The van der Waals surface area contributed by atoms with Crippen molar-refractivity contribution in [3.63, 3.8) is 0 Å². The molecular weight excluding hydrogens is 233 g/mol. The van der Waals surface area contributed by atoms with Crippen molar-refractivity contribution in [2.75, 3.05) is 0 Å². The number of nitrogens with zero attached hydrogens (tertiary/aromatic N) is 2. The Morgan fingerprint density at radius 1 is 1.44 bits per heavy atom. The first-order valence-electron chi connectivity index (χ1n) is 5.95. The Balaban J connectivity index is 2.26. The molecule has 0 saturated heterocycles. The van der Waals surface area contributed by atoms with Crippen LogP contribution in [0.25, 0.3) is 11.5 Å². The van der Waals surface area contributed by atoms with E-state index < -0.39 is 0 Å². The number of rotatable bonds is 4. The zero-order chi connectivity index (χ0) is 13.1. The number of aryl methyl sites for hydroxylation is 1. The minimum atomic E-state index is -0.365. The fraction of sp³-hybridized carbons (Fsp3) is 0.385. The van der Waals surface area contributed by atoms with Crippen molar-refractivity contribution in [2.45, 2.75) is 32.7 Å². The number of benzene rings is 1. The summed E-state index contributed by atoms with van der Waals surface area (Å²) < 4.78 is 18.7. The van der Waals surface area contributed by atoms with Crippen LogP contribution in [0.1, 0.15) is 24.7 Å². The van der Waals surface area contributed by atoms with Gasteiger partial charge in [-0.2, -0.15) is 4.98 Å². The molecule has 2 aromatic rings. The molecule has 0 bridgehead atoms. The molecule has 18 heavy (non-hydrogen) atoms. The van der Waals surface area contributed by atoms with E-state index in [1.807, 2.05) is 13.8 Å². The lowest BCUT2D eigenvalue weighted by molar-refractivity contribution is 0.417. The summed E-state index contributed by atoms with van der Waals surface area (Å²) in [6.07, 6.45) is 1.37. The molecule has 1 heterocycles. The van der Waals surface area contributed by atoms with Crippen LogP contribution in [0.3, 0.4) is 0 Å². The Hall–Kier alpha value is -1.75. The first-order chi connectivity index (χ1) is 8.60. The molecule has 0 aliphatic heterocycles. The summed E-state index contributed by atoms with van der Waals surface area (Å²) in [5.74, 6) is 0.352. The van der Waals surface area contributed by atoms with Crippen LogP contribution < -0.4 is 5.73 Å². The summed E-state index contributed by atoms with van der Waals surface area (Å²) in [5.41, 5.74) is 7.08. The molecule has 4 nitrogen and oxygen atoms in total. The van der Waals surface area contributed by atoms with Crippen LogP contribution in [-0.2, 0) is 6.42 Å². The van der Waals surface area contributed by atoms with E-state index in [4.69, 9.17) is 10.3 Å². The SMILES string of the molecule is CCC(N)Cc1noc(-c2cc(C)ccc2F)n1. The maximum atomic E-state index is 13.6. The van der Waals surface area contributed by atoms with Gasteiger partial charge in [-0.05, 0) is 25.5 Å². The maximum Gasteiger partial charge on any atom is 0.260 e. The van der Waals surface area contributed by atoms with Crippen LogP contribution in [-0.4, -0.2) is 16.2 Å². The smallest absolute Gasteiger partial charge is 0.260 e. The van der Waals surface area contributed by atoms with Crippen molar-refractivity contribution in [1.82, 2.24) is 10.1 Å². The van der Waals surface area contributed by atoms with Crippen molar-refractivity contribution in [3.05, 3.63) is 35.4 Å². The molecule has 1 aromatic heterocycles. The molecule has 0 aliphatic rings. The lowest BCUT2D eigenvalue weighted by Crippen LogP contribution is -2.21. The van der Waals surface area contributed by atoms with Gasteiger partial charge in [0.25, 0.3) is 5.89 Å². The van der Waals surface area contributed by atoms with Gasteiger partial charge in [0.2, 0.25) is 0 Å². The van der Waals surface area contributed by atoms with E-state index in [9.17, 15) is 4.39 Å². The molecule has 0 radical (unpaired) electrons. The van der Waals surface area contributed by atoms with E-state index in [1.165, 1.54) is 6.07 Å². The molecule has 0 amide bonds. The molecular formula is C13H16FN3O. The summed E-state index contributed by atoms with van der Waals surface area (Å²) >= 11 is 0. The summed E-state index contributed by atoms with van der Waals surface area (Å²) in [6.45, 7) is 3.87. The van der Waals surface area contributed by atoms with Crippen molar-refractivity contribution < 1.29 is 8.91 Å². The third-order valence-electron chi connectivity index (χ3n) is 2.79. The van der Waals surface area contributed by atoms with Crippen LogP contribution in [0.4, 0.5) is 4.39 Å². The highest BCUT2D eigenvalue weighted by molar-refractivity contribution is 5.55. The van der Waals surface area contributed by atoms with Gasteiger partial charge in [-0.15, -0.1) is 0 Å². The second-order valence-electron chi connectivity index (χ2n) is 4.37. The van der Waals surface area contributed by atoms with Gasteiger partial charge in [-0.25, -0.2) is 4.39 Å². The Morgan fingerprint density at radius 3 is 2.94 bits per heavy atom. The Labute approximate surface area is 105 Å². The Bertz CT molecular complexity index is 539. The number of aromatic nitrogens is 2. The van der Waals surface area contributed by atoms with Crippen LogP contribution in [0.15, 0.2) is 22.7 Å². The van der Waals surface area contributed by atoms with Crippen LogP contribution in [0.5, 0.6) is 0 Å². The quantitative estimate of drug-likeness (QED) is 0.904. The molecule has 5 heteroatoms. The van der Waals surface area contributed by atoms with E-state index in [0.29, 0.717) is 17.8 Å². The second-order valence-corrected chi connectivity index (χ2v) is 4.37. The zero-order valence-corrected chi connectivity index (χ0v) is 10.5. The minimum absolute atomic E-state index is 0.00203. The zero-order valence-electron chi connectivity index (χ0n) is 10.5. The van der Waals surface area contributed by atoms with Gasteiger partial charge in [0.05, 0.1) is 5.56 Å². The van der Waals surface area contributed by atoms with Crippen molar-refractivity contribution in [2.24, 2.45) is 5.73 Å². The standard InChI is InChI=1S/C13H16FN3O/c1-3-9(15)7-12-16-13(18-17-12)10-6-8(2)4-5-11(10)14/h4-6,9H,3,7,15H2,1-2H3. The third-order valence-corrected chi connectivity index (χ3v) is 2.79. The van der Waals surface area contributed by atoms with E-state index in [0.717, 1.165) is 12.0 Å². The van der Waals surface area contributed by atoms with Crippen LogP contribution in [0.2, 0.25) is 0 Å². The average molecular weight is 249 g/mol. The second kappa shape index (κ2) is 5.27. The lowest BCUT2D eigenvalue weighted by atomic mass is 10.1. The minimum Gasteiger partial charge on any atom is -0.334 e. The number of hydrogen-bond acceptors (Lipinski definition) is 4. The van der Waals surface area contributed by atoms with Gasteiger partial charge in [0, 0.05) is 12.5 Å². The van der Waals surface area contributed by atoms with Gasteiger partial charge in [-0.3, -0.25) is 0 Å². The summed E-state index contributed by atoms with van der Waals surface area (Å²) in [7, 11) is 0. The normalized spacial score (nSPS) is 12.7. The first-order valence-corrected chi connectivity index (χ1v) is 5.95.